The number of cyclic esters (lactones) is 1. The Bertz CT molecular complexity index is 429. The Hall–Kier alpha value is -1.68. The molecule has 0 amide bonds. The van der Waals surface area contributed by atoms with Crippen molar-refractivity contribution in [3.05, 3.63) is 34.9 Å². The number of aldehydes is 1. The minimum atomic E-state index is -0.279. The lowest BCUT2D eigenvalue weighted by Gasteiger charge is -2.07. The van der Waals surface area contributed by atoms with E-state index >= 15 is 0 Å². The summed E-state index contributed by atoms with van der Waals surface area (Å²) in [6, 6.07) is 0. The van der Waals surface area contributed by atoms with Crippen LogP contribution in [0.2, 0.25) is 0 Å². The zero-order valence-electron chi connectivity index (χ0n) is 11.4. The van der Waals surface area contributed by atoms with Gasteiger partial charge in [0.25, 0.3) is 0 Å². The third-order valence-corrected chi connectivity index (χ3v) is 2.94. The number of esters is 1. The highest BCUT2D eigenvalue weighted by Crippen LogP contribution is 2.22. The Balaban J connectivity index is 2.52. The van der Waals surface area contributed by atoms with Crippen molar-refractivity contribution in [1.29, 1.82) is 0 Å². The molecule has 1 aliphatic heterocycles. The second-order valence-electron chi connectivity index (χ2n) is 4.68. The molecule has 0 aliphatic carbocycles. The van der Waals surface area contributed by atoms with Crippen LogP contribution < -0.4 is 0 Å². The largest absolute Gasteiger partial charge is 0.454 e. The molecule has 0 aromatic heterocycles. The molecule has 1 rings (SSSR count). The molecule has 104 valence electrons. The van der Waals surface area contributed by atoms with Gasteiger partial charge in [-0.25, -0.2) is 4.79 Å². The number of allylic oxidation sites excluding steroid dienone is 2. The van der Waals surface area contributed by atoms with E-state index in [4.69, 9.17) is 9.84 Å². The average Bonchev–Trinajstić information content (AvgIpc) is 2.69. The van der Waals surface area contributed by atoms with Crippen LogP contribution in [0.4, 0.5) is 0 Å². The third kappa shape index (κ3) is 5.22. The van der Waals surface area contributed by atoms with Crippen LogP contribution in [0.15, 0.2) is 34.9 Å². The van der Waals surface area contributed by atoms with E-state index < -0.39 is 0 Å². The van der Waals surface area contributed by atoms with Gasteiger partial charge in [0.15, 0.2) is 0 Å². The molecular formula is C15H20O4. The summed E-state index contributed by atoms with van der Waals surface area (Å²) in [6.07, 6.45) is 7.77. The van der Waals surface area contributed by atoms with E-state index in [9.17, 15) is 9.59 Å². The SMILES string of the molecule is CC(C=O)=CCCC1=CC(CC(C)=CCO)OC1=O. The van der Waals surface area contributed by atoms with Crippen LogP contribution in [0.25, 0.3) is 0 Å². The number of aliphatic hydroxyl groups is 1. The van der Waals surface area contributed by atoms with Gasteiger partial charge in [-0.2, -0.15) is 0 Å². The first-order chi connectivity index (χ1) is 9.06. The molecule has 0 fully saturated rings. The first kappa shape index (κ1) is 15.4. The fourth-order valence-corrected chi connectivity index (χ4v) is 1.89. The predicted octanol–water partition coefficient (Wildman–Crippen LogP) is 2.09. The Morgan fingerprint density at radius 1 is 1.42 bits per heavy atom. The molecule has 1 atom stereocenters. The summed E-state index contributed by atoms with van der Waals surface area (Å²) in [4.78, 5) is 22.0. The summed E-state index contributed by atoms with van der Waals surface area (Å²) < 4.78 is 5.23. The smallest absolute Gasteiger partial charge is 0.334 e. The van der Waals surface area contributed by atoms with Crippen molar-refractivity contribution in [2.24, 2.45) is 0 Å². The lowest BCUT2D eigenvalue weighted by molar-refractivity contribution is -0.139. The van der Waals surface area contributed by atoms with Crippen molar-refractivity contribution >= 4 is 12.3 Å². The second kappa shape index (κ2) is 7.69. The standard InChI is InChI=1S/C15H20O4/c1-11(6-7-16)8-14-9-13(15(18)19-14)5-3-4-12(2)10-17/h4,6,9-10,14,16H,3,5,7-8H2,1-2H3. The molecule has 0 saturated carbocycles. The van der Waals surface area contributed by atoms with Crippen molar-refractivity contribution in [2.45, 2.75) is 39.2 Å². The Kier molecular flexibility index (Phi) is 6.22. The van der Waals surface area contributed by atoms with E-state index in [1.807, 2.05) is 19.1 Å². The van der Waals surface area contributed by atoms with E-state index in [1.165, 1.54) is 0 Å². The number of aliphatic hydroxyl groups excluding tert-OH is 1. The van der Waals surface area contributed by atoms with E-state index in [0.29, 0.717) is 30.4 Å². The molecule has 0 saturated heterocycles. The van der Waals surface area contributed by atoms with Crippen molar-refractivity contribution in [3.63, 3.8) is 0 Å². The Morgan fingerprint density at radius 2 is 2.16 bits per heavy atom. The van der Waals surface area contributed by atoms with Crippen molar-refractivity contribution < 1.29 is 19.4 Å². The molecule has 1 aliphatic rings. The van der Waals surface area contributed by atoms with Gasteiger partial charge >= 0.3 is 5.97 Å². The molecule has 0 bridgehead atoms. The lowest BCUT2D eigenvalue weighted by Crippen LogP contribution is -2.08. The maximum absolute atomic E-state index is 11.6. The number of ether oxygens (including phenoxy) is 1. The van der Waals surface area contributed by atoms with E-state index in [1.54, 1.807) is 13.0 Å². The highest BCUT2D eigenvalue weighted by Gasteiger charge is 2.24. The summed E-state index contributed by atoms with van der Waals surface area (Å²) in [5.41, 5.74) is 2.33. The molecule has 0 aromatic carbocycles. The summed E-state index contributed by atoms with van der Waals surface area (Å²) in [6.45, 7) is 3.63. The molecular weight excluding hydrogens is 244 g/mol. The third-order valence-electron chi connectivity index (χ3n) is 2.94. The van der Waals surface area contributed by atoms with Crippen LogP contribution in [0.1, 0.15) is 33.1 Å². The molecule has 1 N–H and O–H groups in total. The molecule has 19 heavy (non-hydrogen) atoms. The quantitative estimate of drug-likeness (QED) is 0.331. The zero-order chi connectivity index (χ0) is 14.3. The molecule has 4 nitrogen and oxygen atoms in total. The number of hydrogen-bond donors (Lipinski definition) is 1. The van der Waals surface area contributed by atoms with Gasteiger partial charge in [0, 0.05) is 12.0 Å². The highest BCUT2D eigenvalue weighted by molar-refractivity contribution is 5.90. The first-order valence-corrected chi connectivity index (χ1v) is 6.37. The fraction of sp³-hybridized carbons (Fsp3) is 0.467. The minimum Gasteiger partial charge on any atom is -0.454 e. The van der Waals surface area contributed by atoms with E-state index in [-0.39, 0.29) is 18.7 Å². The maximum atomic E-state index is 11.6. The van der Waals surface area contributed by atoms with Crippen LogP contribution in [0.3, 0.4) is 0 Å². The Morgan fingerprint density at radius 3 is 2.79 bits per heavy atom. The van der Waals surface area contributed by atoms with Crippen molar-refractivity contribution in [2.75, 3.05) is 6.61 Å². The molecule has 1 heterocycles. The van der Waals surface area contributed by atoms with Gasteiger partial charge < -0.3 is 9.84 Å². The van der Waals surface area contributed by atoms with Gasteiger partial charge in [0.1, 0.15) is 12.4 Å². The predicted molar refractivity (Wildman–Crippen MR) is 72.5 cm³/mol. The Labute approximate surface area is 113 Å². The summed E-state index contributed by atoms with van der Waals surface area (Å²) >= 11 is 0. The monoisotopic (exact) mass is 264 g/mol. The average molecular weight is 264 g/mol. The summed E-state index contributed by atoms with van der Waals surface area (Å²) in [5, 5.41) is 8.77. The topological polar surface area (TPSA) is 63.6 Å². The summed E-state index contributed by atoms with van der Waals surface area (Å²) in [7, 11) is 0. The van der Waals surface area contributed by atoms with Gasteiger partial charge in [-0.15, -0.1) is 0 Å². The van der Waals surface area contributed by atoms with E-state index in [2.05, 4.69) is 0 Å². The molecule has 4 heteroatoms. The number of hydrogen-bond acceptors (Lipinski definition) is 4. The van der Waals surface area contributed by atoms with Gasteiger partial charge in [-0.1, -0.05) is 17.7 Å². The maximum Gasteiger partial charge on any atom is 0.334 e. The fourth-order valence-electron chi connectivity index (χ4n) is 1.89. The second-order valence-corrected chi connectivity index (χ2v) is 4.68. The number of rotatable bonds is 7. The highest BCUT2D eigenvalue weighted by atomic mass is 16.5. The first-order valence-electron chi connectivity index (χ1n) is 6.37. The normalized spacial score (nSPS) is 20.3. The van der Waals surface area contributed by atoms with Gasteiger partial charge in [0.05, 0.1) is 6.61 Å². The minimum absolute atomic E-state index is 0.00115. The van der Waals surface area contributed by atoms with Gasteiger partial charge in [-0.3, -0.25) is 4.79 Å². The van der Waals surface area contributed by atoms with Gasteiger partial charge in [-0.05, 0) is 38.3 Å². The number of carbonyl (C=O) groups excluding carboxylic acids is 2. The lowest BCUT2D eigenvalue weighted by atomic mass is 10.1. The van der Waals surface area contributed by atoms with Crippen LogP contribution >= 0.6 is 0 Å². The van der Waals surface area contributed by atoms with Crippen LogP contribution in [0, 0.1) is 0 Å². The number of carbonyl (C=O) groups is 2. The zero-order valence-corrected chi connectivity index (χ0v) is 11.4. The molecule has 0 spiro atoms. The van der Waals surface area contributed by atoms with Crippen LogP contribution in [-0.4, -0.2) is 30.1 Å². The van der Waals surface area contributed by atoms with Gasteiger partial charge in [0.2, 0.25) is 0 Å². The summed E-state index contributed by atoms with van der Waals surface area (Å²) in [5.74, 6) is -0.279. The van der Waals surface area contributed by atoms with Crippen LogP contribution in [0.5, 0.6) is 0 Å². The molecule has 0 aromatic rings. The van der Waals surface area contributed by atoms with Crippen molar-refractivity contribution in [3.8, 4) is 0 Å². The van der Waals surface area contributed by atoms with Crippen molar-refractivity contribution in [1.82, 2.24) is 0 Å². The van der Waals surface area contributed by atoms with E-state index in [0.717, 1.165) is 11.9 Å². The molecule has 1 unspecified atom stereocenters. The van der Waals surface area contributed by atoms with Crippen LogP contribution in [-0.2, 0) is 14.3 Å². The molecule has 0 radical (unpaired) electrons.